The summed E-state index contributed by atoms with van der Waals surface area (Å²) in [7, 11) is 1.61. The minimum absolute atomic E-state index is 0.0810. The van der Waals surface area contributed by atoms with Crippen LogP contribution in [0.5, 0.6) is 0 Å². The molecular formula is C36H34F3N9O6S. The third kappa shape index (κ3) is 9.24. The van der Waals surface area contributed by atoms with Crippen molar-refractivity contribution in [2.75, 3.05) is 21.1 Å². The highest BCUT2D eigenvalue weighted by molar-refractivity contribution is 7.85. The molecule has 0 spiro atoms. The summed E-state index contributed by atoms with van der Waals surface area (Å²) in [6.45, 7) is 10.8. The Kier molecular flexibility index (Phi) is 11.3. The van der Waals surface area contributed by atoms with Crippen LogP contribution in [0.4, 0.5) is 23.7 Å². The number of rotatable bonds is 8. The van der Waals surface area contributed by atoms with Gasteiger partial charge in [0.2, 0.25) is 11.7 Å². The Bertz CT molecular complexity index is 2530. The predicted octanol–water partition coefficient (Wildman–Crippen LogP) is 5.87. The van der Waals surface area contributed by atoms with Gasteiger partial charge in [0.15, 0.2) is 5.69 Å². The second kappa shape index (κ2) is 15.5. The molecule has 1 N–H and O–H groups in total. The van der Waals surface area contributed by atoms with Crippen LogP contribution in [0.2, 0.25) is 0 Å². The van der Waals surface area contributed by atoms with Crippen molar-refractivity contribution in [2.45, 2.75) is 37.5 Å². The van der Waals surface area contributed by atoms with Crippen molar-refractivity contribution in [3.05, 3.63) is 136 Å². The maximum atomic E-state index is 14.0. The SMILES string of the molecule is O=S(=O)([O-])c1ccccc1.[C-]#[N+]c1ccc(-n2nccc2-c2c(C)n(-c3cccc(C(F)(F)F)c3)c(=O)n2C(=O)N[C@@H](C)c2nc(C[N+](C)(C)C)no2)cc1. The Hall–Kier alpha value is -6.36. The molecule has 0 aliphatic carbocycles. The van der Waals surface area contributed by atoms with E-state index in [2.05, 4.69) is 25.4 Å². The third-order valence-corrected chi connectivity index (χ3v) is 8.72. The van der Waals surface area contributed by atoms with Crippen LogP contribution < -0.4 is 11.0 Å². The van der Waals surface area contributed by atoms with Crippen LogP contribution in [0.1, 0.15) is 35.9 Å². The van der Waals surface area contributed by atoms with E-state index in [4.69, 9.17) is 11.1 Å². The average Bonchev–Trinajstić information content (AvgIpc) is 3.85. The van der Waals surface area contributed by atoms with Crippen LogP contribution in [-0.4, -0.2) is 73.7 Å². The Morgan fingerprint density at radius 1 is 1.02 bits per heavy atom. The van der Waals surface area contributed by atoms with Crippen LogP contribution in [0.3, 0.4) is 0 Å². The molecule has 1 amide bonds. The largest absolute Gasteiger partial charge is 0.744 e. The van der Waals surface area contributed by atoms with Gasteiger partial charge in [0.05, 0.1) is 67.1 Å². The zero-order chi connectivity index (χ0) is 40.3. The topological polar surface area (TPSA) is 174 Å². The van der Waals surface area contributed by atoms with Gasteiger partial charge in [-0.25, -0.2) is 32.1 Å². The molecule has 0 saturated carbocycles. The first-order chi connectivity index (χ1) is 25.8. The lowest BCUT2D eigenvalue weighted by molar-refractivity contribution is -0.884. The van der Waals surface area contributed by atoms with Crippen molar-refractivity contribution >= 4 is 21.8 Å². The number of carbonyl (C=O) groups is 1. The van der Waals surface area contributed by atoms with Crippen molar-refractivity contribution in [2.24, 2.45) is 0 Å². The number of nitrogens with zero attached hydrogens (tertiary/aromatic N) is 8. The van der Waals surface area contributed by atoms with E-state index >= 15 is 0 Å². The number of benzene rings is 3. The summed E-state index contributed by atoms with van der Waals surface area (Å²) in [5.41, 5.74) is -0.440. The van der Waals surface area contributed by atoms with Gasteiger partial charge in [-0.15, -0.1) is 0 Å². The van der Waals surface area contributed by atoms with Crippen LogP contribution in [0.15, 0.2) is 105 Å². The highest BCUT2D eigenvalue weighted by atomic mass is 32.2. The van der Waals surface area contributed by atoms with Crippen molar-refractivity contribution in [3.8, 4) is 22.8 Å². The number of amides is 1. The fraction of sp³-hybridized carbons (Fsp3) is 0.222. The Morgan fingerprint density at radius 3 is 2.27 bits per heavy atom. The summed E-state index contributed by atoms with van der Waals surface area (Å²) < 4.78 is 80.9. The summed E-state index contributed by atoms with van der Waals surface area (Å²) in [5, 5.41) is 11.0. The van der Waals surface area contributed by atoms with Gasteiger partial charge < -0.3 is 18.9 Å². The monoisotopic (exact) mass is 777 g/mol. The lowest BCUT2D eigenvalue weighted by atomic mass is 10.2. The van der Waals surface area contributed by atoms with E-state index in [1.165, 1.54) is 54.2 Å². The number of nitrogens with one attached hydrogen (secondary N) is 1. The molecule has 15 nitrogen and oxygen atoms in total. The van der Waals surface area contributed by atoms with Crippen LogP contribution in [0, 0.1) is 13.5 Å². The number of hydrogen-bond donors (Lipinski definition) is 1. The smallest absolute Gasteiger partial charge is 0.416 e. The first kappa shape index (κ1) is 39.8. The molecule has 3 heterocycles. The Morgan fingerprint density at radius 2 is 1.69 bits per heavy atom. The van der Waals surface area contributed by atoms with Crippen LogP contribution >= 0.6 is 0 Å². The van der Waals surface area contributed by atoms with E-state index < -0.39 is 39.6 Å². The van der Waals surface area contributed by atoms with Gasteiger partial charge in [0, 0.05) is 0 Å². The van der Waals surface area contributed by atoms with Crippen molar-refractivity contribution in [1.82, 2.24) is 34.4 Å². The summed E-state index contributed by atoms with van der Waals surface area (Å²) in [4.78, 5) is 35.4. The van der Waals surface area contributed by atoms with Gasteiger partial charge in [-0.05, 0) is 62.4 Å². The second-order valence-electron chi connectivity index (χ2n) is 13.1. The first-order valence-corrected chi connectivity index (χ1v) is 17.7. The Labute approximate surface area is 313 Å². The minimum Gasteiger partial charge on any atom is -0.744 e. The quantitative estimate of drug-likeness (QED) is 0.113. The number of alkyl halides is 3. The molecule has 19 heteroatoms. The normalized spacial score (nSPS) is 12.4. The van der Waals surface area contributed by atoms with Crippen LogP contribution in [0.25, 0.3) is 27.6 Å². The standard InChI is InChI=1S/C30H28F3N9O3.C6H6O3S/c1-18(27-37-25(38-45-27)17-42(4,5)6)36-28(43)40-26(24-14-15-35-41(24)22-12-10-21(34-3)11-13-22)19(2)39(29(40)44)23-9-7-8-20(16-23)30(31,32)33;7-10(8,9)6-4-2-1-3-5-6/h7-16,18H,17H2,1-2,4-6H3;1-5H,(H,7,8,9)/t18-;/m0./s1. The summed E-state index contributed by atoms with van der Waals surface area (Å²) in [6, 6.07) is 17.8. The minimum atomic E-state index is -4.66. The average molecular weight is 778 g/mol. The van der Waals surface area contributed by atoms with Gasteiger partial charge in [0.1, 0.15) is 28.4 Å². The van der Waals surface area contributed by atoms with E-state index in [1.54, 1.807) is 43.3 Å². The number of quaternary nitrogens is 1. The summed E-state index contributed by atoms with van der Waals surface area (Å²) >= 11 is 0. The fourth-order valence-electron chi connectivity index (χ4n) is 5.41. The number of carbonyl (C=O) groups excluding carboxylic acids is 1. The molecule has 286 valence electrons. The van der Waals surface area contributed by atoms with Crippen molar-refractivity contribution in [1.29, 1.82) is 0 Å². The molecule has 3 aromatic heterocycles. The Balaban J connectivity index is 0.000000504. The van der Waals surface area contributed by atoms with Gasteiger partial charge in [0.25, 0.3) is 0 Å². The summed E-state index contributed by atoms with van der Waals surface area (Å²) in [6.07, 6.45) is -3.20. The molecule has 0 radical (unpaired) electrons. The molecular weight excluding hydrogens is 744 g/mol. The predicted molar refractivity (Wildman–Crippen MR) is 191 cm³/mol. The maximum absolute atomic E-state index is 14.0. The van der Waals surface area contributed by atoms with E-state index in [-0.39, 0.29) is 27.9 Å². The molecule has 55 heavy (non-hydrogen) atoms. The second-order valence-corrected chi connectivity index (χ2v) is 14.5. The lowest BCUT2D eigenvalue weighted by Gasteiger charge is -2.21. The number of hydrogen-bond acceptors (Lipinski definition) is 9. The molecule has 0 bridgehead atoms. The fourth-order valence-corrected chi connectivity index (χ4v) is 5.90. The molecule has 1 atom stereocenters. The third-order valence-electron chi connectivity index (χ3n) is 7.87. The van der Waals surface area contributed by atoms with E-state index in [0.717, 1.165) is 21.3 Å². The van der Waals surface area contributed by atoms with Crippen molar-refractivity contribution in [3.63, 3.8) is 0 Å². The molecule has 0 aliphatic rings. The van der Waals surface area contributed by atoms with Gasteiger partial charge in [-0.2, -0.15) is 23.3 Å². The van der Waals surface area contributed by atoms with Gasteiger partial charge in [-0.1, -0.05) is 41.6 Å². The molecule has 0 aliphatic heterocycles. The molecule has 0 saturated heterocycles. The summed E-state index contributed by atoms with van der Waals surface area (Å²) in [5.74, 6) is 0.538. The van der Waals surface area contributed by atoms with E-state index in [9.17, 15) is 35.7 Å². The first-order valence-electron chi connectivity index (χ1n) is 16.3. The lowest BCUT2D eigenvalue weighted by Crippen LogP contribution is -2.38. The number of halogens is 3. The highest BCUT2D eigenvalue weighted by Gasteiger charge is 2.32. The highest BCUT2D eigenvalue weighted by Crippen LogP contribution is 2.32. The number of aromatic nitrogens is 6. The van der Waals surface area contributed by atoms with E-state index in [1.807, 2.05) is 21.1 Å². The molecule has 0 fully saturated rings. The molecule has 3 aromatic carbocycles. The zero-order valence-electron chi connectivity index (χ0n) is 30.0. The molecule has 6 aromatic rings. The van der Waals surface area contributed by atoms with Gasteiger partial charge >= 0.3 is 17.9 Å². The zero-order valence-corrected chi connectivity index (χ0v) is 30.8. The van der Waals surface area contributed by atoms with E-state index in [0.29, 0.717) is 33.9 Å². The number of imidazole rings is 1. The van der Waals surface area contributed by atoms with Crippen molar-refractivity contribution < 1.29 is 39.9 Å². The molecule has 0 unspecified atom stereocenters. The maximum Gasteiger partial charge on any atom is 0.416 e. The van der Waals surface area contributed by atoms with Gasteiger partial charge in [-0.3, -0.25) is 4.57 Å². The van der Waals surface area contributed by atoms with Crippen LogP contribution in [-0.2, 0) is 22.8 Å². The molecule has 6 rings (SSSR count).